The molecule has 20 heavy (non-hydrogen) atoms. The summed E-state index contributed by atoms with van der Waals surface area (Å²) in [5.41, 5.74) is 0.114. The smallest absolute Gasteiger partial charge is 0.180 e. The number of anilines is 1. The monoisotopic (exact) mass is 301 g/mol. The fourth-order valence-electron chi connectivity index (χ4n) is 2.28. The number of hydrogen-bond donors (Lipinski definition) is 1. The molecule has 112 valence electrons. The highest BCUT2D eigenvalue weighted by molar-refractivity contribution is 7.80. The second-order valence-electron chi connectivity index (χ2n) is 4.39. The molecule has 0 aromatic carbocycles. The van der Waals surface area contributed by atoms with Crippen LogP contribution in [-0.4, -0.2) is 41.2 Å². The van der Waals surface area contributed by atoms with Gasteiger partial charge in [0.2, 0.25) is 0 Å². The van der Waals surface area contributed by atoms with Crippen molar-refractivity contribution in [3.63, 3.8) is 0 Å². The minimum Gasteiger partial charge on any atom is -0.755 e. The highest BCUT2D eigenvalue weighted by atomic mass is 32.2. The fraction of sp³-hybridized carbons (Fsp3) is 0.583. The average Bonchev–Trinajstić information content (AvgIpc) is 2.47. The largest absolute Gasteiger partial charge is 0.755 e. The predicted molar refractivity (Wildman–Crippen MR) is 72.1 cm³/mol. The number of hydrogen-bond acceptors (Lipinski definition) is 6. The third-order valence-corrected chi connectivity index (χ3v) is 3.78. The van der Waals surface area contributed by atoms with E-state index in [0.717, 1.165) is 0 Å². The number of rotatable bonds is 5. The summed E-state index contributed by atoms with van der Waals surface area (Å²) >= 11 is -2.47. The molecule has 1 aliphatic heterocycles. The molecule has 0 radical (unpaired) electrons. The van der Waals surface area contributed by atoms with Crippen molar-refractivity contribution in [1.29, 1.82) is 0 Å². The lowest BCUT2D eigenvalue weighted by Gasteiger charge is -2.35. The van der Waals surface area contributed by atoms with E-state index in [4.69, 9.17) is 14.2 Å². The van der Waals surface area contributed by atoms with Gasteiger partial charge in [-0.05, 0) is 12.1 Å². The Morgan fingerprint density at radius 1 is 1.40 bits per heavy atom. The molecule has 1 atom stereocenters. The predicted octanol–water partition coefficient (Wildman–Crippen LogP) is 0.948. The maximum absolute atomic E-state index is 10.8. The van der Waals surface area contributed by atoms with Crippen molar-refractivity contribution in [1.82, 2.24) is 4.98 Å². The van der Waals surface area contributed by atoms with Gasteiger partial charge >= 0.3 is 0 Å². The van der Waals surface area contributed by atoms with Crippen LogP contribution in [-0.2, 0) is 26.3 Å². The van der Waals surface area contributed by atoms with E-state index in [-0.39, 0.29) is 5.82 Å². The van der Waals surface area contributed by atoms with Crippen LogP contribution in [0.4, 0.5) is 5.82 Å². The van der Waals surface area contributed by atoms with Gasteiger partial charge in [-0.1, -0.05) is 0 Å². The summed E-state index contributed by atoms with van der Waals surface area (Å²) in [6, 6.07) is 3.46. The molecule has 1 fully saturated rings. The van der Waals surface area contributed by atoms with Gasteiger partial charge in [0.15, 0.2) is 11.6 Å². The van der Waals surface area contributed by atoms with Gasteiger partial charge in [-0.15, -0.1) is 0 Å². The fourth-order valence-corrected chi connectivity index (χ4v) is 2.59. The number of methoxy groups -OCH3 is 2. The van der Waals surface area contributed by atoms with Crippen LogP contribution in [0.25, 0.3) is 0 Å². The first-order valence-corrected chi connectivity index (χ1v) is 7.23. The molecule has 1 aromatic heterocycles. The number of aromatic nitrogens is 1. The zero-order valence-electron chi connectivity index (χ0n) is 11.4. The van der Waals surface area contributed by atoms with Crippen molar-refractivity contribution >= 4 is 17.1 Å². The number of nitrogens with zero attached hydrogens (tertiary/aromatic N) is 1. The summed E-state index contributed by atoms with van der Waals surface area (Å²) < 4.78 is 39.9. The van der Waals surface area contributed by atoms with E-state index in [0.29, 0.717) is 37.5 Å². The van der Waals surface area contributed by atoms with Crippen LogP contribution in [0.2, 0.25) is 0 Å². The molecule has 2 rings (SSSR count). The van der Waals surface area contributed by atoms with Crippen molar-refractivity contribution in [3.8, 4) is 5.75 Å². The first-order chi connectivity index (χ1) is 9.61. The second-order valence-corrected chi connectivity index (χ2v) is 5.07. The van der Waals surface area contributed by atoms with E-state index >= 15 is 0 Å². The zero-order valence-corrected chi connectivity index (χ0v) is 12.2. The Balaban J connectivity index is 2.38. The molecule has 1 aliphatic rings. The molecule has 1 unspecified atom stereocenters. The topological polar surface area (TPSA) is 92.7 Å². The molecule has 0 saturated carbocycles. The molecular formula is C12H17N2O5S-. The van der Waals surface area contributed by atoms with E-state index < -0.39 is 16.9 Å². The van der Waals surface area contributed by atoms with Crippen molar-refractivity contribution < 1.29 is 23.0 Å². The summed E-state index contributed by atoms with van der Waals surface area (Å²) in [4.78, 5) is 4.34. The lowest BCUT2D eigenvalue weighted by molar-refractivity contribution is -0.0972. The van der Waals surface area contributed by atoms with Crippen molar-refractivity contribution in [2.24, 2.45) is 0 Å². The summed E-state index contributed by atoms with van der Waals surface area (Å²) in [7, 11) is 3.08. The first-order valence-electron chi connectivity index (χ1n) is 6.15. The maximum Gasteiger partial charge on any atom is 0.180 e. The number of ether oxygens (including phenoxy) is 3. The van der Waals surface area contributed by atoms with Crippen LogP contribution in [0.5, 0.6) is 5.75 Å². The quantitative estimate of drug-likeness (QED) is 0.814. The molecule has 0 bridgehead atoms. The molecule has 1 aromatic rings. The molecule has 0 aliphatic carbocycles. The number of pyridine rings is 1. The van der Waals surface area contributed by atoms with Crippen LogP contribution in [0, 0.1) is 0 Å². The Hall–Kier alpha value is -1.22. The number of nitrogens with one attached hydrogen (secondary N) is 1. The van der Waals surface area contributed by atoms with Gasteiger partial charge < -0.3 is 18.8 Å². The lowest BCUT2D eigenvalue weighted by Crippen LogP contribution is -2.36. The standard InChI is InChI=1S/C12H18N2O5S/c1-17-9-3-4-10(13-11(9)14-20(15)16)12(18-2)5-7-19-8-6-12/h3-4H,5-8H2,1-2H3,(H,13,14)(H,15,16)/p-1. The summed E-state index contributed by atoms with van der Waals surface area (Å²) in [6.07, 6.45) is 1.34. The molecule has 8 heteroatoms. The second kappa shape index (κ2) is 6.49. The third-order valence-electron chi connectivity index (χ3n) is 3.42. The highest BCUT2D eigenvalue weighted by Gasteiger charge is 2.36. The minimum atomic E-state index is -2.47. The Kier molecular flexibility index (Phi) is 4.92. The van der Waals surface area contributed by atoms with Crippen LogP contribution in [0.3, 0.4) is 0 Å². The van der Waals surface area contributed by atoms with Gasteiger partial charge in [0, 0.05) is 44.4 Å². The van der Waals surface area contributed by atoms with Crippen LogP contribution >= 0.6 is 0 Å². The zero-order chi connectivity index (χ0) is 14.6. The van der Waals surface area contributed by atoms with Crippen molar-refractivity contribution in [2.75, 3.05) is 32.2 Å². The first kappa shape index (κ1) is 15.2. The molecule has 7 nitrogen and oxygen atoms in total. The molecule has 2 heterocycles. The van der Waals surface area contributed by atoms with Gasteiger partial charge in [-0.3, -0.25) is 8.93 Å². The van der Waals surface area contributed by atoms with E-state index in [2.05, 4.69) is 9.71 Å². The highest BCUT2D eigenvalue weighted by Crippen LogP contribution is 2.36. The SMILES string of the molecule is COc1ccc(C2(OC)CCOCC2)nc1NS(=O)[O-]. The Bertz CT molecular complexity index is 491. The van der Waals surface area contributed by atoms with Gasteiger partial charge in [0.1, 0.15) is 5.60 Å². The molecule has 1 N–H and O–H groups in total. The molecular weight excluding hydrogens is 284 g/mol. The molecule has 0 amide bonds. The van der Waals surface area contributed by atoms with E-state index in [1.165, 1.54) is 7.11 Å². The van der Waals surface area contributed by atoms with E-state index in [1.54, 1.807) is 19.2 Å². The van der Waals surface area contributed by atoms with Gasteiger partial charge in [-0.25, -0.2) is 4.98 Å². The Morgan fingerprint density at radius 3 is 2.65 bits per heavy atom. The van der Waals surface area contributed by atoms with Gasteiger partial charge in [-0.2, -0.15) is 0 Å². The van der Waals surface area contributed by atoms with Crippen molar-refractivity contribution in [3.05, 3.63) is 17.8 Å². The summed E-state index contributed by atoms with van der Waals surface area (Å²) in [5.74, 6) is 0.512. The van der Waals surface area contributed by atoms with Crippen molar-refractivity contribution in [2.45, 2.75) is 18.4 Å². The third kappa shape index (κ3) is 3.09. The molecule has 0 spiro atoms. The van der Waals surface area contributed by atoms with E-state index in [1.807, 2.05) is 0 Å². The summed E-state index contributed by atoms with van der Waals surface area (Å²) in [5, 5.41) is 0. The van der Waals surface area contributed by atoms with Gasteiger partial charge in [0.25, 0.3) is 0 Å². The van der Waals surface area contributed by atoms with Crippen LogP contribution in [0.1, 0.15) is 18.5 Å². The average molecular weight is 301 g/mol. The maximum atomic E-state index is 10.8. The Morgan fingerprint density at radius 2 is 2.10 bits per heavy atom. The Labute approximate surface area is 120 Å². The van der Waals surface area contributed by atoms with Gasteiger partial charge in [0.05, 0.1) is 12.8 Å². The normalized spacial score (nSPS) is 19.4. The minimum absolute atomic E-state index is 0.154. The molecule has 1 saturated heterocycles. The van der Waals surface area contributed by atoms with Crippen LogP contribution < -0.4 is 9.46 Å². The lowest BCUT2D eigenvalue weighted by atomic mass is 9.90. The van der Waals surface area contributed by atoms with Crippen LogP contribution in [0.15, 0.2) is 12.1 Å². The van der Waals surface area contributed by atoms with E-state index in [9.17, 15) is 8.76 Å². The summed E-state index contributed by atoms with van der Waals surface area (Å²) in [6.45, 7) is 1.16.